The van der Waals surface area contributed by atoms with Gasteiger partial charge in [0.25, 0.3) is 5.91 Å². The molecule has 1 unspecified atom stereocenters. The van der Waals surface area contributed by atoms with E-state index in [2.05, 4.69) is 15.9 Å². The molecular weight excluding hydrogens is 284 g/mol. The van der Waals surface area contributed by atoms with Crippen LogP contribution in [0.15, 0.2) is 22.7 Å². The molecule has 1 aromatic rings. The van der Waals surface area contributed by atoms with Gasteiger partial charge in [0.1, 0.15) is 0 Å². The number of carbonyl (C=O) groups excluding carboxylic acids is 1. The zero-order valence-electron chi connectivity index (χ0n) is 9.40. The topological polar surface area (TPSA) is 66.6 Å². The highest BCUT2D eigenvalue weighted by atomic mass is 79.9. The van der Waals surface area contributed by atoms with E-state index < -0.39 is 0 Å². The molecule has 0 saturated carbocycles. The molecule has 1 saturated heterocycles. The van der Waals surface area contributed by atoms with E-state index in [4.69, 9.17) is 10.8 Å². The Morgan fingerprint density at radius 1 is 1.59 bits per heavy atom. The van der Waals surface area contributed by atoms with Gasteiger partial charge in [-0.2, -0.15) is 0 Å². The number of aliphatic hydroxyl groups excluding tert-OH is 1. The van der Waals surface area contributed by atoms with E-state index in [1.807, 2.05) is 0 Å². The lowest BCUT2D eigenvalue weighted by molar-refractivity contribution is 0.0782. The summed E-state index contributed by atoms with van der Waals surface area (Å²) in [5.41, 5.74) is 6.92. The summed E-state index contributed by atoms with van der Waals surface area (Å²) in [4.78, 5) is 13.9. The fraction of sp³-hybridized carbons (Fsp3) is 0.417. The largest absolute Gasteiger partial charge is 0.398 e. The van der Waals surface area contributed by atoms with Crippen molar-refractivity contribution in [2.75, 3.05) is 25.4 Å². The van der Waals surface area contributed by atoms with Crippen molar-refractivity contribution in [2.45, 2.75) is 6.42 Å². The Labute approximate surface area is 109 Å². The lowest BCUT2D eigenvalue weighted by Gasteiger charge is -2.16. The molecule has 1 aliphatic rings. The summed E-state index contributed by atoms with van der Waals surface area (Å²) in [5.74, 6) is 0.201. The van der Waals surface area contributed by atoms with Crippen LogP contribution >= 0.6 is 15.9 Å². The third-order valence-corrected chi connectivity index (χ3v) is 3.80. The van der Waals surface area contributed by atoms with Gasteiger partial charge in [-0.15, -0.1) is 0 Å². The Morgan fingerprint density at radius 3 is 2.94 bits per heavy atom. The smallest absolute Gasteiger partial charge is 0.253 e. The van der Waals surface area contributed by atoms with Crippen LogP contribution in [0.2, 0.25) is 0 Å². The summed E-state index contributed by atoms with van der Waals surface area (Å²) in [6.07, 6.45) is 0.869. The van der Waals surface area contributed by atoms with E-state index in [9.17, 15) is 4.79 Å². The lowest BCUT2D eigenvalue weighted by atomic mass is 10.1. The Morgan fingerprint density at radius 2 is 2.35 bits per heavy atom. The van der Waals surface area contributed by atoms with Crippen molar-refractivity contribution in [3.8, 4) is 0 Å². The van der Waals surface area contributed by atoms with Gasteiger partial charge in [0.15, 0.2) is 0 Å². The van der Waals surface area contributed by atoms with Crippen molar-refractivity contribution >= 4 is 27.5 Å². The average Bonchev–Trinajstić information content (AvgIpc) is 2.80. The van der Waals surface area contributed by atoms with E-state index >= 15 is 0 Å². The quantitative estimate of drug-likeness (QED) is 0.813. The van der Waals surface area contributed by atoms with E-state index in [0.29, 0.717) is 24.3 Å². The van der Waals surface area contributed by atoms with Crippen LogP contribution in [0.4, 0.5) is 5.69 Å². The summed E-state index contributed by atoms with van der Waals surface area (Å²) in [7, 11) is 0. The first-order valence-corrected chi connectivity index (χ1v) is 6.36. The number of likely N-dealkylation sites (tertiary alicyclic amines) is 1. The Kier molecular flexibility index (Phi) is 3.69. The van der Waals surface area contributed by atoms with Gasteiger partial charge in [0.2, 0.25) is 0 Å². The van der Waals surface area contributed by atoms with Crippen LogP contribution in [0.5, 0.6) is 0 Å². The van der Waals surface area contributed by atoms with Gasteiger partial charge in [0, 0.05) is 41.3 Å². The van der Waals surface area contributed by atoms with Gasteiger partial charge in [-0.3, -0.25) is 4.79 Å². The molecule has 0 aromatic heterocycles. The van der Waals surface area contributed by atoms with E-state index in [1.165, 1.54) is 0 Å². The molecule has 4 nitrogen and oxygen atoms in total. The van der Waals surface area contributed by atoms with Crippen LogP contribution in [0.1, 0.15) is 16.8 Å². The molecule has 0 spiro atoms. The first-order valence-electron chi connectivity index (χ1n) is 5.57. The standard InChI is InChI=1S/C12H15BrN2O2/c13-10-2-1-9(5-11(10)14)12(17)15-4-3-8(6-15)7-16/h1-2,5,8,16H,3-4,6-7,14H2. The summed E-state index contributed by atoms with van der Waals surface area (Å²) < 4.78 is 0.795. The third kappa shape index (κ3) is 2.61. The molecule has 92 valence electrons. The van der Waals surface area contributed by atoms with Crippen molar-refractivity contribution in [1.29, 1.82) is 0 Å². The molecule has 0 aliphatic carbocycles. The molecule has 0 radical (unpaired) electrons. The van der Waals surface area contributed by atoms with Gasteiger partial charge in [-0.25, -0.2) is 0 Å². The number of nitrogens with two attached hydrogens (primary N) is 1. The molecule has 1 aliphatic heterocycles. The molecule has 2 rings (SSSR count). The number of anilines is 1. The lowest BCUT2D eigenvalue weighted by Crippen LogP contribution is -2.29. The number of halogens is 1. The fourth-order valence-electron chi connectivity index (χ4n) is 2.03. The molecule has 1 fully saturated rings. The average molecular weight is 299 g/mol. The Bertz CT molecular complexity index is 437. The number of amides is 1. The number of carbonyl (C=O) groups is 1. The predicted molar refractivity (Wildman–Crippen MR) is 69.7 cm³/mol. The number of aliphatic hydroxyl groups is 1. The summed E-state index contributed by atoms with van der Waals surface area (Å²) in [5, 5.41) is 9.05. The Hall–Kier alpha value is -1.07. The summed E-state index contributed by atoms with van der Waals surface area (Å²) in [6, 6.07) is 5.22. The number of benzene rings is 1. The van der Waals surface area contributed by atoms with E-state index in [0.717, 1.165) is 10.9 Å². The van der Waals surface area contributed by atoms with Gasteiger partial charge >= 0.3 is 0 Å². The highest BCUT2D eigenvalue weighted by Crippen LogP contribution is 2.23. The van der Waals surface area contributed by atoms with Gasteiger partial charge in [-0.05, 0) is 40.5 Å². The second-order valence-electron chi connectivity index (χ2n) is 4.32. The molecule has 1 atom stereocenters. The van der Waals surface area contributed by atoms with Crippen LogP contribution in [0.25, 0.3) is 0 Å². The monoisotopic (exact) mass is 298 g/mol. The van der Waals surface area contributed by atoms with Gasteiger partial charge in [-0.1, -0.05) is 0 Å². The van der Waals surface area contributed by atoms with Crippen LogP contribution in [-0.2, 0) is 0 Å². The number of nitrogens with zero attached hydrogens (tertiary/aromatic N) is 1. The highest BCUT2D eigenvalue weighted by Gasteiger charge is 2.26. The van der Waals surface area contributed by atoms with Crippen molar-refractivity contribution in [2.24, 2.45) is 5.92 Å². The third-order valence-electron chi connectivity index (χ3n) is 3.07. The van der Waals surface area contributed by atoms with Crippen LogP contribution < -0.4 is 5.73 Å². The number of rotatable bonds is 2. The molecule has 0 bridgehead atoms. The fourth-order valence-corrected chi connectivity index (χ4v) is 2.27. The van der Waals surface area contributed by atoms with Gasteiger partial charge in [0.05, 0.1) is 0 Å². The molecule has 1 amide bonds. The molecule has 1 aromatic carbocycles. The van der Waals surface area contributed by atoms with Crippen molar-refractivity contribution in [3.63, 3.8) is 0 Å². The minimum atomic E-state index is -0.0137. The minimum Gasteiger partial charge on any atom is -0.398 e. The van der Waals surface area contributed by atoms with Crippen molar-refractivity contribution < 1.29 is 9.90 Å². The van der Waals surface area contributed by atoms with Crippen molar-refractivity contribution in [3.05, 3.63) is 28.2 Å². The zero-order valence-corrected chi connectivity index (χ0v) is 11.0. The number of nitrogen functional groups attached to an aromatic ring is 1. The van der Waals surface area contributed by atoms with Gasteiger partial charge < -0.3 is 15.7 Å². The normalized spacial score (nSPS) is 19.6. The number of hydrogen-bond donors (Lipinski definition) is 2. The molecule has 17 heavy (non-hydrogen) atoms. The van der Waals surface area contributed by atoms with Crippen LogP contribution in [0.3, 0.4) is 0 Å². The maximum Gasteiger partial charge on any atom is 0.253 e. The van der Waals surface area contributed by atoms with Crippen LogP contribution in [-0.4, -0.2) is 35.6 Å². The van der Waals surface area contributed by atoms with Crippen LogP contribution in [0, 0.1) is 5.92 Å². The van der Waals surface area contributed by atoms with E-state index in [-0.39, 0.29) is 18.4 Å². The second-order valence-corrected chi connectivity index (χ2v) is 5.18. The SMILES string of the molecule is Nc1cc(C(=O)N2CCC(CO)C2)ccc1Br. The first-order chi connectivity index (χ1) is 8.11. The minimum absolute atomic E-state index is 0.0137. The second kappa shape index (κ2) is 5.06. The molecule has 3 N–H and O–H groups in total. The first kappa shape index (κ1) is 12.4. The summed E-state index contributed by atoms with van der Waals surface area (Å²) in [6.45, 7) is 1.48. The molecule has 1 heterocycles. The maximum absolute atomic E-state index is 12.1. The zero-order chi connectivity index (χ0) is 12.4. The summed E-state index contributed by atoms with van der Waals surface area (Å²) >= 11 is 3.30. The maximum atomic E-state index is 12.1. The highest BCUT2D eigenvalue weighted by molar-refractivity contribution is 9.10. The molecular formula is C12H15BrN2O2. The van der Waals surface area contributed by atoms with Crippen molar-refractivity contribution in [1.82, 2.24) is 4.90 Å². The number of hydrogen-bond acceptors (Lipinski definition) is 3. The Balaban J connectivity index is 2.12. The van der Waals surface area contributed by atoms with E-state index in [1.54, 1.807) is 23.1 Å². The predicted octanol–water partition coefficient (Wildman–Crippen LogP) is 1.49. The molecule has 5 heteroatoms.